The molecule has 0 aliphatic heterocycles. The molecule has 1 nitrogen and oxygen atoms in total. The SMILES string of the molecule is CC[C@@H]1C[C@H]1CCN. The van der Waals surface area contributed by atoms with E-state index in [2.05, 4.69) is 6.92 Å². The van der Waals surface area contributed by atoms with Gasteiger partial charge in [-0.2, -0.15) is 0 Å². The first-order valence-corrected chi connectivity index (χ1v) is 3.58. The Hall–Kier alpha value is -0.0400. The van der Waals surface area contributed by atoms with Crippen LogP contribution in [0.15, 0.2) is 0 Å². The molecule has 0 aromatic heterocycles. The minimum Gasteiger partial charge on any atom is -0.330 e. The third-order valence-electron chi connectivity index (χ3n) is 2.13. The Morgan fingerprint density at radius 2 is 2.25 bits per heavy atom. The van der Waals surface area contributed by atoms with E-state index in [1.54, 1.807) is 0 Å². The first-order valence-electron chi connectivity index (χ1n) is 3.58. The third-order valence-corrected chi connectivity index (χ3v) is 2.13. The Balaban J connectivity index is 1.99. The van der Waals surface area contributed by atoms with Crippen molar-refractivity contribution in [1.29, 1.82) is 0 Å². The lowest BCUT2D eigenvalue weighted by atomic mass is 10.2. The van der Waals surface area contributed by atoms with E-state index in [-0.39, 0.29) is 0 Å². The number of rotatable bonds is 3. The fourth-order valence-corrected chi connectivity index (χ4v) is 1.38. The second-order valence-corrected chi connectivity index (χ2v) is 2.74. The first-order chi connectivity index (χ1) is 3.88. The lowest BCUT2D eigenvalue weighted by molar-refractivity contribution is 0.639. The molecule has 1 fully saturated rings. The van der Waals surface area contributed by atoms with Gasteiger partial charge in [0.2, 0.25) is 0 Å². The fourth-order valence-electron chi connectivity index (χ4n) is 1.38. The monoisotopic (exact) mass is 113 g/mol. The normalized spacial score (nSPS) is 35.2. The van der Waals surface area contributed by atoms with Crippen molar-refractivity contribution in [3.63, 3.8) is 0 Å². The molecule has 0 aromatic rings. The standard InChI is InChI=1S/C7H15N/c1-2-6-5-7(6)3-4-8/h6-7H,2-5,8H2,1H3/t6-,7-/m1/s1. The van der Waals surface area contributed by atoms with Gasteiger partial charge in [0.1, 0.15) is 0 Å². The highest BCUT2D eigenvalue weighted by atomic mass is 14.5. The van der Waals surface area contributed by atoms with Crippen LogP contribution in [-0.2, 0) is 0 Å². The van der Waals surface area contributed by atoms with Gasteiger partial charge >= 0.3 is 0 Å². The minimum atomic E-state index is 0.890. The van der Waals surface area contributed by atoms with Gasteiger partial charge in [-0.1, -0.05) is 13.3 Å². The van der Waals surface area contributed by atoms with Crippen LogP contribution in [0.4, 0.5) is 0 Å². The third kappa shape index (κ3) is 1.22. The van der Waals surface area contributed by atoms with Gasteiger partial charge in [-0.15, -0.1) is 0 Å². The van der Waals surface area contributed by atoms with Gasteiger partial charge in [0.05, 0.1) is 0 Å². The molecule has 0 saturated heterocycles. The van der Waals surface area contributed by atoms with Crippen LogP contribution in [-0.4, -0.2) is 6.54 Å². The highest BCUT2D eigenvalue weighted by Gasteiger charge is 2.33. The number of hydrogen-bond donors (Lipinski definition) is 1. The molecule has 1 saturated carbocycles. The molecule has 8 heavy (non-hydrogen) atoms. The van der Waals surface area contributed by atoms with Crippen molar-refractivity contribution in [3.05, 3.63) is 0 Å². The molecular formula is C7H15N. The molecule has 0 amide bonds. The van der Waals surface area contributed by atoms with Crippen molar-refractivity contribution in [1.82, 2.24) is 0 Å². The van der Waals surface area contributed by atoms with Crippen LogP contribution in [0.2, 0.25) is 0 Å². The summed E-state index contributed by atoms with van der Waals surface area (Å²) in [5.41, 5.74) is 5.39. The summed E-state index contributed by atoms with van der Waals surface area (Å²) in [5, 5.41) is 0. The van der Waals surface area contributed by atoms with Crippen LogP contribution in [0.25, 0.3) is 0 Å². The molecule has 0 heterocycles. The van der Waals surface area contributed by atoms with E-state index in [4.69, 9.17) is 5.73 Å². The average Bonchev–Trinajstić information content (AvgIpc) is 2.48. The zero-order valence-corrected chi connectivity index (χ0v) is 5.56. The molecule has 0 radical (unpaired) electrons. The van der Waals surface area contributed by atoms with E-state index in [9.17, 15) is 0 Å². The highest BCUT2D eigenvalue weighted by Crippen LogP contribution is 2.42. The Morgan fingerprint density at radius 3 is 2.62 bits per heavy atom. The second-order valence-electron chi connectivity index (χ2n) is 2.74. The molecule has 2 atom stereocenters. The van der Waals surface area contributed by atoms with Crippen molar-refractivity contribution in [2.24, 2.45) is 17.6 Å². The highest BCUT2D eigenvalue weighted by molar-refractivity contribution is 4.84. The Bertz CT molecular complexity index is 70.8. The Kier molecular flexibility index (Phi) is 1.90. The van der Waals surface area contributed by atoms with Gasteiger partial charge in [0.25, 0.3) is 0 Å². The molecule has 2 N–H and O–H groups in total. The average molecular weight is 113 g/mol. The Labute approximate surface area is 51.3 Å². The van der Waals surface area contributed by atoms with Gasteiger partial charge in [0.15, 0.2) is 0 Å². The largest absolute Gasteiger partial charge is 0.330 e. The van der Waals surface area contributed by atoms with E-state index in [1.807, 2.05) is 0 Å². The van der Waals surface area contributed by atoms with E-state index in [1.165, 1.54) is 19.3 Å². The maximum absolute atomic E-state index is 5.39. The minimum absolute atomic E-state index is 0.890. The molecule has 0 spiro atoms. The lowest BCUT2D eigenvalue weighted by Crippen LogP contribution is -1.99. The summed E-state index contributed by atoms with van der Waals surface area (Å²) in [5.74, 6) is 2.04. The molecule has 0 aromatic carbocycles. The summed E-state index contributed by atoms with van der Waals surface area (Å²) in [4.78, 5) is 0. The predicted molar refractivity (Wildman–Crippen MR) is 35.6 cm³/mol. The van der Waals surface area contributed by atoms with Gasteiger partial charge in [-0.25, -0.2) is 0 Å². The maximum Gasteiger partial charge on any atom is -0.00745 e. The van der Waals surface area contributed by atoms with E-state index in [0.717, 1.165) is 18.4 Å². The molecule has 1 rings (SSSR count). The van der Waals surface area contributed by atoms with Crippen LogP contribution < -0.4 is 5.73 Å². The maximum atomic E-state index is 5.39. The van der Waals surface area contributed by atoms with E-state index >= 15 is 0 Å². The van der Waals surface area contributed by atoms with Crippen molar-refractivity contribution < 1.29 is 0 Å². The van der Waals surface area contributed by atoms with Crippen LogP contribution in [0.3, 0.4) is 0 Å². The van der Waals surface area contributed by atoms with E-state index in [0.29, 0.717) is 0 Å². The van der Waals surface area contributed by atoms with Crippen molar-refractivity contribution in [2.75, 3.05) is 6.54 Å². The quantitative estimate of drug-likeness (QED) is 0.588. The predicted octanol–water partition coefficient (Wildman–Crippen LogP) is 1.38. The topological polar surface area (TPSA) is 26.0 Å². The number of nitrogens with two attached hydrogens (primary N) is 1. The van der Waals surface area contributed by atoms with Gasteiger partial charge in [0, 0.05) is 0 Å². The molecule has 0 bridgehead atoms. The van der Waals surface area contributed by atoms with Crippen molar-refractivity contribution in [3.8, 4) is 0 Å². The van der Waals surface area contributed by atoms with Gasteiger partial charge in [-0.05, 0) is 31.2 Å². The Morgan fingerprint density at radius 1 is 1.50 bits per heavy atom. The van der Waals surface area contributed by atoms with Crippen LogP contribution in [0.1, 0.15) is 26.2 Å². The van der Waals surface area contributed by atoms with Gasteiger partial charge in [-0.3, -0.25) is 0 Å². The molecular weight excluding hydrogens is 98.1 g/mol. The summed E-state index contributed by atoms with van der Waals surface area (Å²) in [6.07, 6.45) is 4.08. The van der Waals surface area contributed by atoms with Crippen LogP contribution >= 0.6 is 0 Å². The zero-order chi connectivity index (χ0) is 5.98. The molecule has 1 heteroatoms. The summed E-state index contributed by atoms with van der Waals surface area (Å²) < 4.78 is 0. The molecule has 1 aliphatic carbocycles. The molecule has 48 valence electrons. The van der Waals surface area contributed by atoms with Crippen molar-refractivity contribution in [2.45, 2.75) is 26.2 Å². The van der Waals surface area contributed by atoms with Crippen LogP contribution in [0.5, 0.6) is 0 Å². The number of hydrogen-bond acceptors (Lipinski definition) is 1. The fraction of sp³-hybridized carbons (Fsp3) is 1.00. The summed E-state index contributed by atoms with van der Waals surface area (Å²) >= 11 is 0. The van der Waals surface area contributed by atoms with Crippen LogP contribution in [0, 0.1) is 11.8 Å². The van der Waals surface area contributed by atoms with E-state index < -0.39 is 0 Å². The smallest absolute Gasteiger partial charge is 0.00745 e. The van der Waals surface area contributed by atoms with Crippen molar-refractivity contribution >= 4 is 0 Å². The second kappa shape index (κ2) is 2.49. The first kappa shape index (κ1) is 6.09. The summed E-state index contributed by atoms with van der Waals surface area (Å²) in [6.45, 7) is 3.16. The summed E-state index contributed by atoms with van der Waals surface area (Å²) in [6, 6.07) is 0. The molecule has 0 unspecified atom stereocenters. The lowest BCUT2D eigenvalue weighted by Gasteiger charge is -1.90. The van der Waals surface area contributed by atoms with Gasteiger partial charge < -0.3 is 5.73 Å². The zero-order valence-electron chi connectivity index (χ0n) is 5.56. The summed E-state index contributed by atoms with van der Waals surface area (Å²) in [7, 11) is 0. The molecule has 1 aliphatic rings.